The number of hydrogen-bond donors (Lipinski definition) is 0. The highest BCUT2D eigenvalue weighted by Crippen LogP contribution is 2.45. The first-order chi connectivity index (χ1) is 12.9. The molecule has 0 bridgehead atoms. The summed E-state index contributed by atoms with van der Waals surface area (Å²) in [6, 6.07) is -0.473. The number of nitriles is 1. The maximum Gasteiger partial charge on any atom is 0.411 e. The number of benzene rings is 1. The zero-order valence-corrected chi connectivity index (χ0v) is 16.3. The molecule has 28 heavy (non-hydrogen) atoms. The molecule has 3 rings (SSSR count). The molecule has 0 aliphatic carbocycles. The molecule has 2 fully saturated rings. The molecule has 2 heterocycles. The number of nitrogens with zero attached hydrogens (tertiary/aromatic N) is 3. The Bertz CT molecular complexity index is 977. The van der Waals surface area contributed by atoms with Crippen molar-refractivity contribution in [3.8, 4) is 6.07 Å². The highest BCUT2D eigenvalue weighted by molar-refractivity contribution is 7.86. The maximum absolute atomic E-state index is 14.0. The number of fused-ring (bicyclic) bond motifs is 1. The van der Waals surface area contributed by atoms with Gasteiger partial charge in [-0.2, -0.15) is 26.9 Å². The summed E-state index contributed by atoms with van der Waals surface area (Å²) < 4.78 is 69.7. The number of amides is 2. The van der Waals surface area contributed by atoms with E-state index < -0.39 is 40.5 Å². The second kappa shape index (κ2) is 6.79. The van der Waals surface area contributed by atoms with Crippen LogP contribution in [0.4, 0.5) is 23.7 Å². The van der Waals surface area contributed by atoms with E-state index in [-0.39, 0.29) is 34.8 Å². The Balaban J connectivity index is 2.12. The largest absolute Gasteiger partial charge is 0.411 e. The summed E-state index contributed by atoms with van der Waals surface area (Å²) >= 11 is 6.06. The molecule has 0 saturated carbocycles. The number of hydrogen-bond acceptors (Lipinski definition) is 5. The van der Waals surface area contributed by atoms with Gasteiger partial charge in [0.15, 0.2) is 6.04 Å². The SMILES string of the molecule is Cc1c(N2C(=O)N3CCC(OS(C)(=O)=O)C3C2C(F)(F)F)ccc(C#N)c1Cl. The van der Waals surface area contributed by atoms with Gasteiger partial charge in [0.2, 0.25) is 0 Å². The molecule has 2 aliphatic rings. The number of carbonyl (C=O) groups excluding carboxylic acids is 1. The first-order valence-corrected chi connectivity index (χ1v) is 10.3. The van der Waals surface area contributed by atoms with Crippen LogP contribution in [0.15, 0.2) is 12.1 Å². The maximum atomic E-state index is 14.0. The average molecular weight is 438 g/mol. The average Bonchev–Trinajstić information content (AvgIpc) is 3.08. The molecule has 0 N–H and O–H groups in total. The van der Waals surface area contributed by atoms with E-state index >= 15 is 0 Å². The van der Waals surface area contributed by atoms with Crippen molar-refractivity contribution in [2.24, 2.45) is 0 Å². The van der Waals surface area contributed by atoms with E-state index in [1.54, 1.807) is 0 Å². The molecule has 2 aliphatic heterocycles. The molecular weight excluding hydrogens is 423 g/mol. The van der Waals surface area contributed by atoms with Gasteiger partial charge in [-0.15, -0.1) is 0 Å². The molecule has 0 radical (unpaired) electrons. The molecule has 7 nitrogen and oxygen atoms in total. The van der Waals surface area contributed by atoms with Crippen molar-refractivity contribution < 1.29 is 30.6 Å². The third-order valence-corrected chi connectivity index (χ3v) is 5.90. The highest BCUT2D eigenvalue weighted by Gasteiger charge is 2.63. The number of urea groups is 1. The lowest BCUT2D eigenvalue weighted by atomic mass is 10.0. The van der Waals surface area contributed by atoms with Crippen molar-refractivity contribution in [2.45, 2.75) is 37.7 Å². The lowest BCUT2D eigenvalue weighted by Gasteiger charge is -2.31. The summed E-state index contributed by atoms with van der Waals surface area (Å²) in [4.78, 5) is 14.3. The Morgan fingerprint density at radius 2 is 2.00 bits per heavy atom. The van der Waals surface area contributed by atoms with Gasteiger partial charge in [0.1, 0.15) is 12.2 Å². The number of carbonyl (C=O) groups is 1. The van der Waals surface area contributed by atoms with E-state index in [0.29, 0.717) is 4.90 Å². The van der Waals surface area contributed by atoms with Crippen molar-refractivity contribution in [1.29, 1.82) is 5.26 Å². The van der Waals surface area contributed by atoms with E-state index in [9.17, 15) is 26.4 Å². The van der Waals surface area contributed by atoms with Gasteiger partial charge >= 0.3 is 12.2 Å². The fraction of sp³-hybridized carbons (Fsp3) is 0.500. The monoisotopic (exact) mass is 437 g/mol. The smallest absolute Gasteiger partial charge is 0.316 e. The number of rotatable bonds is 3. The molecule has 12 heteroatoms. The van der Waals surface area contributed by atoms with Crippen LogP contribution in [0, 0.1) is 18.3 Å². The molecule has 1 aromatic carbocycles. The van der Waals surface area contributed by atoms with E-state index in [4.69, 9.17) is 21.0 Å². The lowest BCUT2D eigenvalue weighted by Crippen LogP contribution is -2.52. The lowest BCUT2D eigenvalue weighted by molar-refractivity contribution is -0.155. The molecular formula is C16H15ClF3N3O4S. The van der Waals surface area contributed by atoms with Crippen molar-refractivity contribution in [1.82, 2.24) is 4.90 Å². The summed E-state index contributed by atoms with van der Waals surface area (Å²) in [5.41, 5.74) is 0.116. The summed E-state index contributed by atoms with van der Waals surface area (Å²) in [5.74, 6) is 0. The first-order valence-electron chi connectivity index (χ1n) is 8.11. The molecule has 2 saturated heterocycles. The predicted molar refractivity (Wildman–Crippen MR) is 93.4 cm³/mol. The van der Waals surface area contributed by atoms with Crippen LogP contribution in [0.3, 0.4) is 0 Å². The van der Waals surface area contributed by atoms with E-state index in [1.807, 2.05) is 6.07 Å². The predicted octanol–water partition coefficient (Wildman–Crippen LogP) is 2.81. The Kier molecular flexibility index (Phi) is 5.02. The first kappa shape index (κ1) is 20.7. The van der Waals surface area contributed by atoms with Gasteiger partial charge in [0, 0.05) is 6.54 Å². The molecule has 0 spiro atoms. The van der Waals surface area contributed by atoms with Crippen LogP contribution in [0.1, 0.15) is 17.5 Å². The van der Waals surface area contributed by atoms with Gasteiger partial charge in [-0.1, -0.05) is 11.6 Å². The van der Waals surface area contributed by atoms with Gasteiger partial charge in [0.05, 0.1) is 28.6 Å². The number of halogens is 4. The van der Waals surface area contributed by atoms with Crippen molar-refractivity contribution in [3.05, 3.63) is 28.3 Å². The van der Waals surface area contributed by atoms with E-state index in [2.05, 4.69) is 0 Å². The number of anilines is 1. The third kappa shape index (κ3) is 3.40. The summed E-state index contributed by atoms with van der Waals surface area (Å²) in [6.45, 7) is 1.34. The Morgan fingerprint density at radius 3 is 2.54 bits per heavy atom. The van der Waals surface area contributed by atoms with Crippen LogP contribution in [0.2, 0.25) is 5.02 Å². The fourth-order valence-electron chi connectivity index (χ4n) is 3.74. The molecule has 3 unspecified atom stereocenters. The fourth-order valence-corrected chi connectivity index (χ4v) is 4.60. The zero-order valence-electron chi connectivity index (χ0n) is 14.7. The zero-order chi connectivity index (χ0) is 21.0. The minimum atomic E-state index is -4.86. The molecule has 3 atom stereocenters. The molecule has 2 amide bonds. The van der Waals surface area contributed by atoms with E-state index in [0.717, 1.165) is 11.2 Å². The molecule has 1 aromatic rings. The highest BCUT2D eigenvalue weighted by atomic mass is 35.5. The van der Waals surface area contributed by atoms with Crippen molar-refractivity contribution in [2.75, 3.05) is 17.7 Å². The van der Waals surface area contributed by atoms with Gasteiger partial charge in [-0.3, -0.25) is 9.08 Å². The Hall–Kier alpha value is -2.03. The quantitative estimate of drug-likeness (QED) is 0.678. The Morgan fingerprint density at radius 1 is 1.36 bits per heavy atom. The van der Waals surface area contributed by atoms with Gasteiger partial charge in [0.25, 0.3) is 10.1 Å². The van der Waals surface area contributed by atoms with Gasteiger partial charge in [-0.25, -0.2) is 4.79 Å². The Labute approximate surface area is 164 Å². The molecule has 0 aromatic heterocycles. The minimum absolute atomic E-state index is 0.0307. The number of alkyl halides is 3. The summed E-state index contributed by atoms with van der Waals surface area (Å²) in [5, 5.41) is 8.98. The van der Waals surface area contributed by atoms with Crippen LogP contribution in [-0.2, 0) is 14.3 Å². The van der Waals surface area contributed by atoms with Crippen LogP contribution < -0.4 is 4.90 Å². The second-order valence-corrected chi connectivity index (χ2v) is 8.61. The van der Waals surface area contributed by atoms with Crippen LogP contribution in [-0.4, -0.2) is 56.5 Å². The van der Waals surface area contributed by atoms with Crippen LogP contribution in [0.5, 0.6) is 0 Å². The second-order valence-electron chi connectivity index (χ2n) is 6.63. The van der Waals surface area contributed by atoms with E-state index in [1.165, 1.54) is 19.1 Å². The van der Waals surface area contributed by atoms with Crippen LogP contribution >= 0.6 is 11.6 Å². The molecule has 152 valence electrons. The standard InChI is InChI=1S/C16H15ClF3N3O4S/c1-8-10(4-3-9(7-21)12(8)17)23-14(16(18,19)20)13-11(27-28(2,25)26)5-6-22(13)15(23)24/h3-4,11,13-14H,5-6H2,1-2H3. The van der Waals surface area contributed by atoms with Gasteiger partial charge in [-0.05, 0) is 31.0 Å². The summed E-state index contributed by atoms with van der Waals surface area (Å²) in [7, 11) is -4.02. The van der Waals surface area contributed by atoms with Crippen LogP contribution in [0.25, 0.3) is 0 Å². The third-order valence-electron chi connectivity index (χ3n) is 4.82. The van der Waals surface area contributed by atoms with Crippen molar-refractivity contribution >= 4 is 33.4 Å². The van der Waals surface area contributed by atoms with Crippen molar-refractivity contribution in [3.63, 3.8) is 0 Å². The normalized spacial score (nSPS) is 25.2. The van der Waals surface area contributed by atoms with Gasteiger partial charge < -0.3 is 4.90 Å². The topological polar surface area (TPSA) is 90.7 Å². The minimum Gasteiger partial charge on any atom is -0.316 e. The summed E-state index contributed by atoms with van der Waals surface area (Å²) in [6.07, 6.45) is -5.45.